The lowest BCUT2D eigenvalue weighted by Gasteiger charge is -2.25. The number of benzene rings is 1. The normalized spacial score (nSPS) is 25.5. The maximum atomic E-state index is 3.79. The number of hydrogen-bond donors (Lipinski definition) is 1. The van der Waals surface area contributed by atoms with Gasteiger partial charge in [-0.25, -0.2) is 0 Å². The van der Waals surface area contributed by atoms with Crippen LogP contribution in [0.25, 0.3) is 0 Å². The first-order valence-corrected chi connectivity index (χ1v) is 8.55. The molecule has 2 aliphatic heterocycles. The lowest BCUT2D eigenvalue weighted by atomic mass is 10.2. The minimum atomic E-state index is 0.679. The molecule has 2 atom stereocenters. The second kappa shape index (κ2) is 7.39. The van der Waals surface area contributed by atoms with Crippen LogP contribution >= 0.6 is 0 Å². The van der Waals surface area contributed by atoms with Crippen LogP contribution in [-0.2, 0) is 6.54 Å². The second-order valence-electron chi connectivity index (χ2n) is 6.71. The van der Waals surface area contributed by atoms with Crippen molar-refractivity contribution in [3.05, 3.63) is 35.9 Å². The molecule has 3 nitrogen and oxygen atoms in total. The van der Waals surface area contributed by atoms with Crippen LogP contribution in [0.2, 0.25) is 0 Å². The SMILES string of the molecule is CC(CNC1CCN(Cc2ccccc2)C1)N1CCCC1. The molecule has 1 aromatic rings. The summed E-state index contributed by atoms with van der Waals surface area (Å²) in [7, 11) is 0. The summed E-state index contributed by atoms with van der Waals surface area (Å²) in [4.78, 5) is 5.21. The average Bonchev–Trinajstić information content (AvgIpc) is 3.17. The quantitative estimate of drug-likeness (QED) is 0.866. The maximum absolute atomic E-state index is 3.79. The molecule has 2 fully saturated rings. The highest BCUT2D eigenvalue weighted by atomic mass is 15.2. The van der Waals surface area contributed by atoms with Crippen molar-refractivity contribution < 1.29 is 0 Å². The standard InChI is InChI=1S/C18H29N3/c1-16(21-10-5-6-11-21)13-19-18-9-12-20(15-18)14-17-7-3-2-4-8-17/h2-4,7-8,16,18-19H,5-6,9-15H2,1H3. The van der Waals surface area contributed by atoms with Crippen molar-refractivity contribution >= 4 is 0 Å². The first kappa shape index (κ1) is 15.0. The Morgan fingerprint density at radius 1 is 1.14 bits per heavy atom. The van der Waals surface area contributed by atoms with Crippen molar-refractivity contribution in [1.29, 1.82) is 0 Å². The summed E-state index contributed by atoms with van der Waals surface area (Å²) < 4.78 is 0. The van der Waals surface area contributed by atoms with Gasteiger partial charge < -0.3 is 5.32 Å². The predicted octanol–water partition coefficient (Wildman–Crippen LogP) is 2.33. The van der Waals surface area contributed by atoms with Crippen LogP contribution in [0, 0.1) is 0 Å². The van der Waals surface area contributed by atoms with Gasteiger partial charge in [-0.2, -0.15) is 0 Å². The van der Waals surface area contributed by atoms with Crippen molar-refractivity contribution in [1.82, 2.24) is 15.1 Å². The van der Waals surface area contributed by atoms with Gasteiger partial charge in [0.2, 0.25) is 0 Å². The van der Waals surface area contributed by atoms with E-state index in [-0.39, 0.29) is 0 Å². The first-order valence-electron chi connectivity index (χ1n) is 8.55. The molecule has 2 heterocycles. The van der Waals surface area contributed by atoms with E-state index in [2.05, 4.69) is 52.4 Å². The van der Waals surface area contributed by atoms with E-state index in [1.54, 1.807) is 0 Å². The van der Waals surface area contributed by atoms with Crippen molar-refractivity contribution in [2.24, 2.45) is 0 Å². The fraction of sp³-hybridized carbons (Fsp3) is 0.667. The van der Waals surface area contributed by atoms with E-state index in [4.69, 9.17) is 0 Å². The van der Waals surface area contributed by atoms with Crippen LogP contribution in [0.5, 0.6) is 0 Å². The Hall–Kier alpha value is -0.900. The van der Waals surface area contributed by atoms with E-state index in [1.165, 1.54) is 51.0 Å². The molecule has 2 saturated heterocycles. The van der Waals surface area contributed by atoms with Crippen LogP contribution < -0.4 is 5.32 Å². The van der Waals surface area contributed by atoms with Crippen LogP contribution in [-0.4, -0.2) is 54.6 Å². The molecular formula is C18H29N3. The highest BCUT2D eigenvalue weighted by Crippen LogP contribution is 2.15. The molecule has 116 valence electrons. The smallest absolute Gasteiger partial charge is 0.0234 e. The number of nitrogens with one attached hydrogen (secondary N) is 1. The third kappa shape index (κ3) is 4.29. The molecule has 1 N–H and O–H groups in total. The second-order valence-corrected chi connectivity index (χ2v) is 6.71. The molecule has 0 bridgehead atoms. The number of nitrogens with zero attached hydrogens (tertiary/aromatic N) is 2. The molecule has 2 unspecified atom stereocenters. The molecule has 0 spiro atoms. The van der Waals surface area contributed by atoms with Gasteiger partial charge in [0.25, 0.3) is 0 Å². The van der Waals surface area contributed by atoms with Gasteiger partial charge in [0.15, 0.2) is 0 Å². The van der Waals surface area contributed by atoms with Crippen molar-refractivity contribution in [3.8, 4) is 0 Å². The zero-order valence-corrected chi connectivity index (χ0v) is 13.3. The zero-order chi connectivity index (χ0) is 14.5. The lowest BCUT2D eigenvalue weighted by Crippen LogP contribution is -2.43. The van der Waals surface area contributed by atoms with Gasteiger partial charge in [-0.15, -0.1) is 0 Å². The first-order chi connectivity index (χ1) is 10.3. The Labute approximate surface area is 129 Å². The van der Waals surface area contributed by atoms with Gasteiger partial charge in [0, 0.05) is 38.3 Å². The molecule has 21 heavy (non-hydrogen) atoms. The molecule has 1 aromatic carbocycles. The monoisotopic (exact) mass is 287 g/mol. The minimum Gasteiger partial charge on any atom is -0.311 e. The Kier molecular flexibility index (Phi) is 5.28. The average molecular weight is 287 g/mol. The Morgan fingerprint density at radius 3 is 2.67 bits per heavy atom. The molecular weight excluding hydrogens is 258 g/mol. The van der Waals surface area contributed by atoms with Crippen LogP contribution in [0.3, 0.4) is 0 Å². The highest BCUT2D eigenvalue weighted by molar-refractivity contribution is 5.14. The Bertz CT molecular complexity index is 414. The third-order valence-corrected chi connectivity index (χ3v) is 4.99. The number of hydrogen-bond acceptors (Lipinski definition) is 3. The van der Waals surface area contributed by atoms with E-state index in [0.717, 1.165) is 13.1 Å². The molecule has 0 saturated carbocycles. The van der Waals surface area contributed by atoms with Gasteiger partial charge in [0.05, 0.1) is 0 Å². The fourth-order valence-corrected chi connectivity index (χ4v) is 3.63. The summed E-state index contributed by atoms with van der Waals surface area (Å²) in [6.45, 7) is 9.63. The van der Waals surface area contributed by atoms with Crippen LogP contribution in [0.15, 0.2) is 30.3 Å². The van der Waals surface area contributed by atoms with E-state index in [0.29, 0.717) is 12.1 Å². The summed E-state index contributed by atoms with van der Waals surface area (Å²) in [6, 6.07) is 12.2. The van der Waals surface area contributed by atoms with Gasteiger partial charge in [-0.1, -0.05) is 30.3 Å². The Morgan fingerprint density at radius 2 is 1.90 bits per heavy atom. The van der Waals surface area contributed by atoms with Crippen molar-refractivity contribution in [2.75, 3.05) is 32.7 Å². The molecule has 2 aliphatic rings. The molecule has 0 amide bonds. The van der Waals surface area contributed by atoms with E-state index >= 15 is 0 Å². The Balaban J connectivity index is 1.38. The molecule has 0 aliphatic carbocycles. The van der Waals surface area contributed by atoms with Crippen LogP contribution in [0.4, 0.5) is 0 Å². The molecule has 0 radical (unpaired) electrons. The summed E-state index contributed by atoms with van der Waals surface area (Å²) >= 11 is 0. The highest BCUT2D eigenvalue weighted by Gasteiger charge is 2.24. The third-order valence-electron chi connectivity index (χ3n) is 4.99. The summed E-state index contributed by atoms with van der Waals surface area (Å²) in [5.74, 6) is 0. The summed E-state index contributed by atoms with van der Waals surface area (Å²) in [5, 5.41) is 3.79. The summed E-state index contributed by atoms with van der Waals surface area (Å²) in [5.41, 5.74) is 1.43. The lowest BCUT2D eigenvalue weighted by molar-refractivity contribution is 0.243. The van der Waals surface area contributed by atoms with E-state index < -0.39 is 0 Å². The van der Waals surface area contributed by atoms with Gasteiger partial charge in [0.1, 0.15) is 0 Å². The van der Waals surface area contributed by atoms with Gasteiger partial charge in [-0.05, 0) is 44.8 Å². The molecule has 3 heteroatoms. The largest absolute Gasteiger partial charge is 0.311 e. The molecule has 3 rings (SSSR count). The van der Waals surface area contributed by atoms with Crippen molar-refractivity contribution in [2.45, 2.75) is 44.8 Å². The predicted molar refractivity (Wildman–Crippen MR) is 88.4 cm³/mol. The van der Waals surface area contributed by atoms with E-state index in [1.807, 2.05) is 0 Å². The number of rotatable bonds is 6. The maximum Gasteiger partial charge on any atom is 0.0234 e. The molecule has 0 aromatic heterocycles. The van der Waals surface area contributed by atoms with Gasteiger partial charge in [-0.3, -0.25) is 9.80 Å². The summed E-state index contributed by atoms with van der Waals surface area (Å²) in [6.07, 6.45) is 4.07. The van der Waals surface area contributed by atoms with Crippen molar-refractivity contribution in [3.63, 3.8) is 0 Å². The number of likely N-dealkylation sites (tertiary alicyclic amines) is 2. The van der Waals surface area contributed by atoms with E-state index in [9.17, 15) is 0 Å². The topological polar surface area (TPSA) is 18.5 Å². The van der Waals surface area contributed by atoms with Crippen LogP contribution in [0.1, 0.15) is 31.7 Å². The minimum absolute atomic E-state index is 0.679. The zero-order valence-electron chi connectivity index (χ0n) is 13.3. The fourth-order valence-electron chi connectivity index (χ4n) is 3.63. The van der Waals surface area contributed by atoms with Gasteiger partial charge >= 0.3 is 0 Å².